The van der Waals surface area contributed by atoms with Gasteiger partial charge >= 0.3 is 180 Å². The number of phenols is 1. The van der Waals surface area contributed by atoms with Crippen LogP contribution in [0.2, 0.25) is 0 Å². The van der Waals surface area contributed by atoms with Crippen LogP contribution in [0.3, 0.4) is 0 Å². The Morgan fingerprint density at radius 3 is 2.10 bits per heavy atom. The second-order valence-electron chi connectivity index (χ2n) is 5.96. The summed E-state index contributed by atoms with van der Waals surface area (Å²) in [5.41, 5.74) is 2.82. The van der Waals surface area contributed by atoms with Gasteiger partial charge in [0.2, 0.25) is 0 Å². The number of hydrogen-bond donors (Lipinski definition) is 1. The summed E-state index contributed by atoms with van der Waals surface area (Å²) in [6.07, 6.45) is 0. The second-order valence-corrected chi connectivity index (χ2v) is 7.76. The molecule has 0 spiro atoms. The van der Waals surface area contributed by atoms with Crippen LogP contribution >= 0.6 is 0 Å². The van der Waals surface area contributed by atoms with E-state index >= 15 is 0 Å². The number of oxime groups is 1. The summed E-state index contributed by atoms with van der Waals surface area (Å²) >= 11 is -0.0946. The maximum atomic E-state index is 10.1. The topological polar surface area (TPSA) is 91.6 Å². The van der Waals surface area contributed by atoms with Gasteiger partial charge in [-0.3, -0.25) is 0 Å². The van der Waals surface area contributed by atoms with Gasteiger partial charge in [-0.2, -0.15) is 0 Å². The Morgan fingerprint density at radius 2 is 1.57 bits per heavy atom. The third-order valence-electron chi connectivity index (χ3n) is 4.30. The molecule has 0 radical (unpaired) electrons. The van der Waals surface area contributed by atoms with E-state index in [-0.39, 0.29) is 20.3 Å². The summed E-state index contributed by atoms with van der Waals surface area (Å²) in [5.74, 6) is 1.98. The summed E-state index contributed by atoms with van der Waals surface area (Å²) in [7, 11) is 7.65. The average molecular weight is 477 g/mol. The van der Waals surface area contributed by atoms with Gasteiger partial charge in [0.05, 0.1) is 0 Å². The molecule has 1 N–H and O–H groups in total. The van der Waals surface area contributed by atoms with Crippen LogP contribution in [0.15, 0.2) is 40.4 Å². The Kier molecular flexibility index (Phi) is 6.87. The minimum atomic E-state index is -0.0946. The Labute approximate surface area is 180 Å². The van der Waals surface area contributed by atoms with Gasteiger partial charge in [-0.25, -0.2) is 0 Å². The Balaban J connectivity index is 2.05. The number of hydrogen-bond acceptors (Lipinski definition) is 8. The molecule has 0 saturated carbocycles. The van der Waals surface area contributed by atoms with Crippen molar-refractivity contribution in [3.8, 4) is 40.0 Å². The summed E-state index contributed by atoms with van der Waals surface area (Å²) < 4.78 is 22.2. The van der Waals surface area contributed by atoms with Crippen LogP contribution in [0.1, 0.15) is 10.1 Å². The summed E-state index contributed by atoms with van der Waals surface area (Å²) in [5, 5.41) is 14.3. The van der Waals surface area contributed by atoms with Gasteiger partial charge in [0.15, 0.2) is 0 Å². The zero-order valence-corrected chi connectivity index (χ0v) is 19.0. The molecule has 0 fully saturated rings. The zero-order chi connectivity index (χ0) is 21.7. The number of rotatable bonds is 8. The Morgan fingerprint density at radius 1 is 0.900 bits per heavy atom. The van der Waals surface area contributed by atoms with Crippen molar-refractivity contribution in [3.63, 3.8) is 0 Å². The molecule has 0 bridgehead atoms. The molecule has 1 aromatic heterocycles. The van der Waals surface area contributed by atoms with E-state index in [0.717, 1.165) is 21.4 Å². The van der Waals surface area contributed by atoms with E-state index < -0.39 is 0 Å². The number of aromatic nitrogens is 1. The number of nitrogens with zero attached hydrogens (tertiary/aromatic N) is 2. The predicted octanol–water partition coefficient (Wildman–Crippen LogP) is 2.94. The van der Waals surface area contributed by atoms with E-state index in [4.69, 9.17) is 28.8 Å². The van der Waals surface area contributed by atoms with Crippen LogP contribution < -0.4 is 18.9 Å². The van der Waals surface area contributed by atoms with Gasteiger partial charge in [0, 0.05) is 0 Å². The number of phenolic OH excluding ortho intramolecular Hbond substituents is 1. The fourth-order valence-electron chi connectivity index (χ4n) is 2.89. The van der Waals surface area contributed by atoms with Crippen molar-refractivity contribution in [2.24, 2.45) is 5.16 Å². The van der Waals surface area contributed by atoms with Gasteiger partial charge in [0.25, 0.3) is 0 Å². The molecular formula is C21H22N2O6Se. The molecule has 2 aromatic carbocycles. The van der Waals surface area contributed by atoms with Crippen LogP contribution in [0.25, 0.3) is 11.3 Å². The van der Waals surface area contributed by atoms with Gasteiger partial charge in [0.1, 0.15) is 0 Å². The molecule has 8 nitrogen and oxygen atoms in total. The van der Waals surface area contributed by atoms with Crippen molar-refractivity contribution >= 4 is 20.2 Å². The quantitative estimate of drug-likeness (QED) is 0.303. The average Bonchev–Trinajstić information content (AvgIpc) is 3.26. The Bertz CT molecular complexity index is 1040. The van der Waals surface area contributed by atoms with Crippen LogP contribution in [0.4, 0.5) is 0 Å². The van der Waals surface area contributed by atoms with Crippen LogP contribution in [-0.2, 0) is 4.84 Å². The zero-order valence-electron chi connectivity index (χ0n) is 17.3. The molecule has 0 aliphatic rings. The molecule has 0 aliphatic carbocycles. The number of aromatic hydroxyl groups is 1. The first kappa shape index (κ1) is 21.5. The summed E-state index contributed by atoms with van der Waals surface area (Å²) in [4.78, 5) is 11.8. The van der Waals surface area contributed by atoms with Crippen molar-refractivity contribution in [1.82, 2.24) is 4.98 Å². The SMILES string of the molecule is CON=C(c1cc(OC)c(OC)c(OC)c1)c1nc(-c2ccc(OC)c(O)c2)c[se]1. The normalized spacial score (nSPS) is 11.2. The van der Waals surface area contributed by atoms with E-state index in [2.05, 4.69) is 5.16 Å². The maximum absolute atomic E-state index is 10.1. The number of ether oxygens (including phenoxy) is 4. The van der Waals surface area contributed by atoms with Crippen molar-refractivity contribution in [2.45, 2.75) is 0 Å². The molecule has 0 aliphatic heterocycles. The van der Waals surface area contributed by atoms with Gasteiger partial charge in [-0.15, -0.1) is 0 Å². The molecule has 9 heteroatoms. The predicted molar refractivity (Wildman–Crippen MR) is 114 cm³/mol. The summed E-state index contributed by atoms with van der Waals surface area (Å²) in [6.45, 7) is 0. The fraction of sp³-hybridized carbons (Fsp3) is 0.238. The monoisotopic (exact) mass is 478 g/mol. The van der Waals surface area contributed by atoms with Crippen molar-refractivity contribution < 1.29 is 28.9 Å². The molecule has 1 heterocycles. The molecule has 30 heavy (non-hydrogen) atoms. The van der Waals surface area contributed by atoms with E-state index in [0.29, 0.717) is 28.7 Å². The first-order valence-electron chi connectivity index (χ1n) is 8.81. The first-order chi connectivity index (χ1) is 14.6. The van der Waals surface area contributed by atoms with E-state index in [1.807, 2.05) is 11.0 Å². The van der Waals surface area contributed by atoms with E-state index in [9.17, 15) is 5.11 Å². The molecule has 0 atom stereocenters. The van der Waals surface area contributed by atoms with Crippen molar-refractivity contribution in [3.05, 3.63) is 45.4 Å². The van der Waals surface area contributed by atoms with Crippen LogP contribution in [0.5, 0.6) is 28.7 Å². The molecule has 3 aromatic rings. The molecule has 0 unspecified atom stereocenters. The second kappa shape index (κ2) is 9.56. The fourth-order valence-corrected chi connectivity index (χ4v) is 4.63. The number of benzene rings is 2. The van der Waals surface area contributed by atoms with E-state index in [1.165, 1.54) is 14.2 Å². The standard InChI is InChI=1S/C21H22N2O6Se/c1-25-16-7-6-12(8-15(16)24)14-11-30-21(22-14)19(23-29-5)13-9-17(26-2)20(28-4)18(10-13)27-3/h6-11,24H,1-5H3. The van der Waals surface area contributed by atoms with Gasteiger partial charge in [-0.05, 0) is 0 Å². The Hall–Kier alpha value is -3.16. The minimum absolute atomic E-state index is 0.0578. The van der Waals surface area contributed by atoms with Crippen LogP contribution in [0, 0.1) is 0 Å². The van der Waals surface area contributed by atoms with Gasteiger partial charge < -0.3 is 0 Å². The van der Waals surface area contributed by atoms with Crippen LogP contribution in [-0.4, -0.2) is 65.9 Å². The first-order valence-corrected chi connectivity index (χ1v) is 10.7. The number of methoxy groups -OCH3 is 4. The summed E-state index contributed by atoms with van der Waals surface area (Å²) in [6, 6.07) is 8.78. The molecule has 3 rings (SSSR count). The third-order valence-corrected chi connectivity index (χ3v) is 6.08. The third kappa shape index (κ3) is 4.22. The molecule has 158 valence electrons. The molecule has 0 amide bonds. The van der Waals surface area contributed by atoms with E-state index in [1.54, 1.807) is 45.6 Å². The van der Waals surface area contributed by atoms with Gasteiger partial charge in [-0.1, -0.05) is 0 Å². The van der Waals surface area contributed by atoms with Crippen molar-refractivity contribution in [2.75, 3.05) is 35.5 Å². The molecule has 0 saturated heterocycles. The molecular weight excluding hydrogens is 455 g/mol. The van der Waals surface area contributed by atoms with Crippen molar-refractivity contribution in [1.29, 1.82) is 0 Å².